The van der Waals surface area contributed by atoms with Crippen LogP contribution < -0.4 is 5.23 Å². The average Bonchev–Trinajstić information content (AvgIpc) is 3.52. The lowest BCUT2D eigenvalue weighted by atomic mass is 9.60. The van der Waals surface area contributed by atoms with Gasteiger partial charge < -0.3 is 15.2 Å². The smallest absolute Gasteiger partial charge is 0.204 e. The van der Waals surface area contributed by atoms with E-state index in [2.05, 4.69) is 0 Å². The fraction of sp³-hybridized carbons (Fsp3) is 0.125. The van der Waals surface area contributed by atoms with Crippen molar-refractivity contribution in [3.63, 3.8) is 0 Å². The summed E-state index contributed by atoms with van der Waals surface area (Å²) in [7, 11) is 0. The molecule has 3 aliphatic rings. The van der Waals surface area contributed by atoms with Crippen LogP contribution in [0.3, 0.4) is 0 Å². The van der Waals surface area contributed by atoms with Crippen LogP contribution in [0.2, 0.25) is 0 Å². The highest BCUT2D eigenvalue weighted by molar-refractivity contribution is 6.37. The van der Waals surface area contributed by atoms with E-state index >= 15 is 0 Å². The predicted octanol–water partition coefficient (Wildman–Crippen LogP) is 5.12. The summed E-state index contributed by atoms with van der Waals surface area (Å²) in [6, 6.07) is 26.9. The van der Waals surface area contributed by atoms with Crippen LogP contribution in [0.25, 0.3) is 0 Å². The third-order valence-electron chi connectivity index (χ3n) is 8.36. The molecule has 0 bridgehead atoms. The molecule has 0 unspecified atom stereocenters. The van der Waals surface area contributed by atoms with E-state index in [1.54, 1.807) is 66.7 Å². The van der Waals surface area contributed by atoms with Crippen molar-refractivity contribution >= 4 is 28.8 Å². The largest absolute Gasteiger partial charge is 0.733 e. The first-order valence-corrected chi connectivity index (χ1v) is 12.7. The van der Waals surface area contributed by atoms with Crippen LogP contribution in [0.15, 0.2) is 103 Å². The number of anilines is 1. The minimum atomic E-state index is -2.28. The molecule has 7 rings (SSSR count). The van der Waals surface area contributed by atoms with E-state index in [0.717, 1.165) is 0 Å². The van der Waals surface area contributed by atoms with Gasteiger partial charge in [0.1, 0.15) is 11.5 Å². The zero-order valence-corrected chi connectivity index (χ0v) is 20.8. The van der Waals surface area contributed by atoms with Crippen molar-refractivity contribution in [1.82, 2.24) is 0 Å². The van der Waals surface area contributed by atoms with Crippen LogP contribution >= 0.6 is 0 Å². The van der Waals surface area contributed by atoms with Gasteiger partial charge in [0.25, 0.3) is 0 Å². The summed E-state index contributed by atoms with van der Waals surface area (Å²) in [5.74, 6) is -3.94. The molecular formula is C32H20NO7-. The van der Waals surface area contributed by atoms with Gasteiger partial charge in [0.15, 0.2) is 11.6 Å². The van der Waals surface area contributed by atoms with Crippen molar-refractivity contribution < 1.29 is 29.1 Å². The molecule has 4 aromatic rings. The lowest BCUT2D eigenvalue weighted by molar-refractivity contribution is -0.0210. The second-order valence-corrected chi connectivity index (χ2v) is 10.2. The number of benzene rings is 4. The van der Waals surface area contributed by atoms with Crippen molar-refractivity contribution in [3.8, 4) is 0 Å². The first-order valence-electron chi connectivity index (χ1n) is 12.7. The van der Waals surface area contributed by atoms with Crippen LogP contribution in [-0.4, -0.2) is 33.9 Å². The van der Waals surface area contributed by atoms with Crippen molar-refractivity contribution in [2.24, 2.45) is 5.41 Å². The van der Waals surface area contributed by atoms with Gasteiger partial charge >= 0.3 is 0 Å². The van der Waals surface area contributed by atoms with Crippen LogP contribution in [-0.2, 0) is 4.74 Å². The van der Waals surface area contributed by atoms with Crippen molar-refractivity contribution in [2.45, 2.75) is 17.6 Å². The second-order valence-electron chi connectivity index (χ2n) is 10.2. The Kier molecular flexibility index (Phi) is 5.08. The van der Waals surface area contributed by atoms with Gasteiger partial charge in [-0.05, 0) is 23.3 Å². The Balaban J connectivity index is 1.60. The Morgan fingerprint density at radius 2 is 1.10 bits per heavy atom. The molecule has 1 saturated heterocycles. The van der Waals surface area contributed by atoms with Gasteiger partial charge in [-0.3, -0.25) is 24.4 Å². The molecule has 0 amide bonds. The van der Waals surface area contributed by atoms with E-state index in [4.69, 9.17) is 4.74 Å². The molecule has 2 spiro atoms. The molecule has 0 aromatic heterocycles. The third-order valence-corrected chi connectivity index (χ3v) is 8.36. The molecule has 196 valence electrons. The first-order chi connectivity index (χ1) is 19.3. The zero-order chi connectivity index (χ0) is 27.8. The SMILES string of the molecule is O=C1c2ccccc2C(=O)C12O[C@H](c1ccccc1)C1(C(=O)c3ccccc3C1=O)[C@H]2c1cccc(N([O-])O)c1. The monoisotopic (exact) mass is 530 g/mol. The van der Waals surface area contributed by atoms with Crippen LogP contribution in [0, 0.1) is 10.6 Å². The van der Waals surface area contributed by atoms with Gasteiger partial charge in [0.2, 0.25) is 17.2 Å². The maximum absolute atomic E-state index is 14.6. The Morgan fingerprint density at radius 1 is 0.625 bits per heavy atom. The summed E-state index contributed by atoms with van der Waals surface area (Å²) < 4.78 is 6.59. The number of carbonyl (C=O) groups excluding carboxylic acids is 4. The highest BCUT2D eigenvalue weighted by atomic mass is 16.8. The molecule has 1 fully saturated rings. The second kappa shape index (κ2) is 8.37. The molecule has 4 aromatic carbocycles. The molecule has 8 heteroatoms. The molecular weight excluding hydrogens is 510 g/mol. The number of Topliss-reactive ketones (excluding diaryl/α,β-unsaturated/α-hetero) is 4. The molecule has 0 radical (unpaired) electrons. The van der Waals surface area contributed by atoms with Crippen LogP contribution in [0.5, 0.6) is 0 Å². The number of hydrogen-bond donors (Lipinski definition) is 1. The molecule has 0 saturated carbocycles. The van der Waals surface area contributed by atoms with Crippen LogP contribution in [0.1, 0.15) is 64.6 Å². The van der Waals surface area contributed by atoms with Gasteiger partial charge in [0.05, 0.1) is 11.6 Å². The number of hydrogen-bond acceptors (Lipinski definition) is 8. The standard InChI is InChI=1S/C32H20NO7/c34-26-21-13-4-5-14-22(21)27(35)31(26)25(19-11-8-12-20(17-19)33(38)39)32(40-30(31)18-9-2-1-3-10-18)28(36)23-15-6-7-16-24(23)29(32)37/h1-17,25,30,38H/q-1/t25-,30-/m1/s1. The van der Waals surface area contributed by atoms with Gasteiger partial charge in [-0.2, -0.15) is 0 Å². The topological polar surface area (TPSA) is 124 Å². The summed E-state index contributed by atoms with van der Waals surface area (Å²) in [6.07, 6.45) is -1.31. The fourth-order valence-electron chi connectivity index (χ4n) is 6.78. The van der Waals surface area contributed by atoms with Crippen molar-refractivity contribution in [3.05, 3.63) is 142 Å². The van der Waals surface area contributed by atoms with Gasteiger partial charge in [-0.15, -0.1) is 0 Å². The summed E-state index contributed by atoms with van der Waals surface area (Å²) in [5, 5.41) is 21.3. The number of fused-ring (bicyclic) bond motifs is 2. The highest BCUT2D eigenvalue weighted by Crippen LogP contribution is 2.68. The third kappa shape index (κ3) is 2.84. The first kappa shape index (κ1) is 24.3. The van der Waals surface area contributed by atoms with Gasteiger partial charge in [0, 0.05) is 22.3 Å². The maximum atomic E-state index is 14.6. The Bertz CT molecular complexity index is 1690. The predicted molar refractivity (Wildman–Crippen MR) is 142 cm³/mol. The average molecular weight is 531 g/mol. The summed E-state index contributed by atoms with van der Waals surface area (Å²) in [4.78, 5) is 57.9. The van der Waals surface area contributed by atoms with Crippen molar-refractivity contribution in [2.75, 3.05) is 5.23 Å². The number of ether oxygens (including phenoxy) is 1. The fourth-order valence-corrected chi connectivity index (χ4v) is 6.78. The van der Waals surface area contributed by atoms with E-state index < -0.39 is 46.2 Å². The molecule has 1 N–H and O–H groups in total. The molecule has 2 atom stereocenters. The molecule has 8 nitrogen and oxygen atoms in total. The van der Waals surface area contributed by atoms with E-state index in [0.29, 0.717) is 5.56 Å². The van der Waals surface area contributed by atoms with E-state index in [1.165, 1.54) is 36.4 Å². The van der Waals surface area contributed by atoms with E-state index in [9.17, 15) is 29.6 Å². The minimum absolute atomic E-state index is 0.125. The zero-order valence-electron chi connectivity index (χ0n) is 20.8. The number of rotatable bonds is 3. The Hall–Kier alpha value is -4.76. The molecule has 40 heavy (non-hydrogen) atoms. The normalized spacial score (nSPS) is 21.8. The molecule has 1 aliphatic heterocycles. The summed E-state index contributed by atoms with van der Waals surface area (Å²) in [5.41, 5.74) is -3.34. The Morgan fingerprint density at radius 3 is 1.62 bits per heavy atom. The van der Waals surface area contributed by atoms with Gasteiger partial charge in [-0.25, -0.2) is 0 Å². The maximum Gasteiger partial charge on any atom is 0.204 e. The lowest BCUT2D eigenvalue weighted by Crippen LogP contribution is -2.51. The summed E-state index contributed by atoms with van der Waals surface area (Å²) in [6.45, 7) is 0. The lowest BCUT2D eigenvalue weighted by Gasteiger charge is -2.35. The van der Waals surface area contributed by atoms with Crippen molar-refractivity contribution in [1.29, 1.82) is 0 Å². The molecule has 2 aliphatic carbocycles. The Labute approximate surface area is 228 Å². The van der Waals surface area contributed by atoms with E-state index in [-0.39, 0.29) is 38.7 Å². The quantitative estimate of drug-likeness (QED) is 0.286. The minimum Gasteiger partial charge on any atom is -0.733 e. The highest BCUT2D eigenvalue weighted by Gasteiger charge is 2.79. The number of ketones is 4. The number of carbonyl (C=O) groups is 4. The van der Waals surface area contributed by atoms with Gasteiger partial charge in [-0.1, -0.05) is 91.0 Å². The van der Waals surface area contributed by atoms with Crippen LogP contribution in [0.4, 0.5) is 5.69 Å². The molecule has 1 heterocycles. The summed E-state index contributed by atoms with van der Waals surface area (Å²) >= 11 is 0. The van der Waals surface area contributed by atoms with E-state index in [1.807, 2.05) is 0 Å². The number of nitrogens with zero attached hydrogens (tertiary/aromatic N) is 1.